The van der Waals surface area contributed by atoms with Crippen molar-refractivity contribution in [1.82, 2.24) is 0 Å². The van der Waals surface area contributed by atoms with E-state index in [0.29, 0.717) is 6.04 Å². The maximum absolute atomic E-state index is 3.58. The molecule has 1 aromatic rings. The number of rotatable bonds is 5. The summed E-state index contributed by atoms with van der Waals surface area (Å²) in [6.45, 7) is 11.1. The van der Waals surface area contributed by atoms with E-state index in [2.05, 4.69) is 58.1 Å². The van der Waals surface area contributed by atoms with Gasteiger partial charge in [-0.1, -0.05) is 19.9 Å². The van der Waals surface area contributed by atoms with Crippen LogP contribution in [0.25, 0.3) is 0 Å². The highest BCUT2D eigenvalue weighted by Gasteiger charge is 2.04. The fraction of sp³-hybridized carbons (Fsp3) is 0.600. The van der Waals surface area contributed by atoms with Crippen molar-refractivity contribution in [3.05, 3.63) is 29.3 Å². The molecule has 0 aromatic heterocycles. The van der Waals surface area contributed by atoms with Crippen LogP contribution in [-0.2, 0) is 0 Å². The number of benzene rings is 1. The zero-order valence-electron chi connectivity index (χ0n) is 11.3. The van der Waals surface area contributed by atoms with Gasteiger partial charge in [0.2, 0.25) is 0 Å². The van der Waals surface area contributed by atoms with Gasteiger partial charge in [-0.2, -0.15) is 0 Å². The van der Waals surface area contributed by atoms with Gasteiger partial charge in [0.1, 0.15) is 0 Å². The summed E-state index contributed by atoms with van der Waals surface area (Å²) in [5.41, 5.74) is 3.92. The fourth-order valence-corrected chi connectivity index (χ4v) is 2.00. The molecule has 1 aromatic carbocycles. The summed E-state index contributed by atoms with van der Waals surface area (Å²) in [6, 6.07) is 7.21. The van der Waals surface area contributed by atoms with E-state index in [4.69, 9.17) is 0 Å². The lowest BCUT2D eigenvalue weighted by Gasteiger charge is -2.17. The highest BCUT2D eigenvalue weighted by molar-refractivity contribution is 5.48. The first-order chi connectivity index (χ1) is 7.47. The zero-order valence-corrected chi connectivity index (χ0v) is 11.3. The molecule has 16 heavy (non-hydrogen) atoms. The number of nitrogens with one attached hydrogen (secondary N) is 1. The van der Waals surface area contributed by atoms with Crippen LogP contribution < -0.4 is 5.32 Å². The molecule has 0 saturated carbocycles. The summed E-state index contributed by atoms with van der Waals surface area (Å²) in [6.07, 6.45) is 2.53. The van der Waals surface area contributed by atoms with Crippen molar-refractivity contribution < 1.29 is 0 Å². The molecular weight excluding hydrogens is 194 g/mol. The van der Waals surface area contributed by atoms with Gasteiger partial charge in [-0.15, -0.1) is 0 Å². The van der Waals surface area contributed by atoms with Crippen LogP contribution in [0.3, 0.4) is 0 Å². The van der Waals surface area contributed by atoms with Gasteiger partial charge in [0, 0.05) is 11.7 Å². The van der Waals surface area contributed by atoms with Crippen LogP contribution in [0.15, 0.2) is 18.2 Å². The number of aryl methyl sites for hydroxylation is 2. The standard InChI is InChI=1S/C15H25N/c1-11(2)6-7-14(5)16-15-9-12(3)8-13(4)10-15/h8-11,14,16H,6-7H2,1-5H3. The predicted octanol–water partition coefficient (Wildman–Crippen LogP) is 4.54. The Kier molecular flexibility index (Phi) is 4.85. The molecule has 0 heterocycles. The molecule has 0 bridgehead atoms. The minimum Gasteiger partial charge on any atom is -0.383 e. The highest BCUT2D eigenvalue weighted by Crippen LogP contribution is 2.16. The molecular formula is C15H25N. The van der Waals surface area contributed by atoms with Crippen LogP contribution >= 0.6 is 0 Å². The maximum Gasteiger partial charge on any atom is 0.0347 e. The van der Waals surface area contributed by atoms with Crippen LogP contribution in [0.5, 0.6) is 0 Å². The third kappa shape index (κ3) is 4.69. The summed E-state index contributed by atoms with van der Waals surface area (Å²) in [4.78, 5) is 0. The molecule has 0 aliphatic carbocycles. The average Bonchev–Trinajstić information content (AvgIpc) is 2.12. The van der Waals surface area contributed by atoms with E-state index in [1.165, 1.54) is 29.7 Å². The summed E-state index contributed by atoms with van der Waals surface area (Å²) in [5, 5.41) is 3.58. The number of anilines is 1. The number of hydrogen-bond acceptors (Lipinski definition) is 1. The molecule has 0 aliphatic heterocycles. The molecule has 0 spiro atoms. The van der Waals surface area contributed by atoms with Crippen LogP contribution in [0.2, 0.25) is 0 Å². The van der Waals surface area contributed by atoms with E-state index in [-0.39, 0.29) is 0 Å². The molecule has 0 aliphatic rings. The van der Waals surface area contributed by atoms with Crippen LogP contribution in [-0.4, -0.2) is 6.04 Å². The first-order valence-electron chi connectivity index (χ1n) is 6.32. The molecule has 1 unspecified atom stereocenters. The molecule has 0 radical (unpaired) electrons. The second-order valence-corrected chi connectivity index (χ2v) is 5.39. The van der Waals surface area contributed by atoms with Gasteiger partial charge in [-0.05, 0) is 62.8 Å². The van der Waals surface area contributed by atoms with Crippen molar-refractivity contribution in [3.8, 4) is 0 Å². The first kappa shape index (κ1) is 13.1. The van der Waals surface area contributed by atoms with Crippen LogP contribution in [0.1, 0.15) is 44.7 Å². The van der Waals surface area contributed by atoms with Gasteiger partial charge in [-0.25, -0.2) is 0 Å². The second-order valence-electron chi connectivity index (χ2n) is 5.39. The van der Waals surface area contributed by atoms with Gasteiger partial charge in [0.15, 0.2) is 0 Å². The van der Waals surface area contributed by atoms with E-state index in [9.17, 15) is 0 Å². The summed E-state index contributed by atoms with van der Waals surface area (Å²) in [5.74, 6) is 0.795. The van der Waals surface area contributed by atoms with Gasteiger partial charge in [0.05, 0.1) is 0 Å². The Labute approximate surface area is 100 Å². The molecule has 1 heteroatoms. The third-order valence-electron chi connectivity index (χ3n) is 2.81. The van der Waals surface area contributed by atoms with Gasteiger partial charge in [-0.3, -0.25) is 0 Å². The Morgan fingerprint density at radius 3 is 2.00 bits per heavy atom. The molecule has 0 amide bonds. The van der Waals surface area contributed by atoms with Crippen LogP contribution in [0, 0.1) is 19.8 Å². The van der Waals surface area contributed by atoms with Crippen molar-refractivity contribution in [2.45, 2.75) is 53.5 Å². The quantitative estimate of drug-likeness (QED) is 0.766. The molecule has 0 saturated heterocycles. The lowest BCUT2D eigenvalue weighted by atomic mass is 10.0. The normalized spacial score (nSPS) is 12.9. The predicted molar refractivity (Wildman–Crippen MR) is 73.1 cm³/mol. The Hall–Kier alpha value is -0.980. The molecule has 1 rings (SSSR count). The molecule has 1 N–H and O–H groups in total. The summed E-state index contributed by atoms with van der Waals surface area (Å²) >= 11 is 0. The maximum atomic E-state index is 3.58. The molecule has 90 valence electrons. The Morgan fingerprint density at radius 1 is 0.938 bits per heavy atom. The van der Waals surface area contributed by atoms with E-state index in [1.54, 1.807) is 0 Å². The van der Waals surface area contributed by atoms with Crippen LogP contribution in [0.4, 0.5) is 5.69 Å². The third-order valence-corrected chi connectivity index (χ3v) is 2.81. The van der Waals surface area contributed by atoms with E-state index in [0.717, 1.165) is 5.92 Å². The van der Waals surface area contributed by atoms with E-state index in [1.807, 2.05) is 0 Å². The molecule has 0 fully saturated rings. The minimum absolute atomic E-state index is 0.559. The minimum atomic E-state index is 0.559. The first-order valence-corrected chi connectivity index (χ1v) is 6.32. The largest absolute Gasteiger partial charge is 0.383 e. The topological polar surface area (TPSA) is 12.0 Å². The second kappa shape index (κ2) is 5.93. The van der Waals surface area contributed by atoms with Crippen molar-refractivity contribution in [1.29, 1.82) is 0 Å². The zero-order chi connectivity index (χ0) is 12.1. The van der Waals surface area contributed by atoms with Crippen molar-refractivity contribution in [2.75, 3.05) is 5.32 Å². The van der Waals surface area contributed by atoms with E-state index < -0.39 is 0 Å². The van der Waals surface area contributed by atoms with Gasteiger partial charge < -0.3 is 5.32 Å². The Balaban J connectivity index is 2.52. The van der Waals surface area contributed by atoms with Crippen molar-refractivity contribution in [3.63, 3.8) is 0 Å². The van der Waals surface area contributed by atoms with Crippen molar-refractivity contribution in [2.24, 2.45) is 5.92 Å². The Bertz CT molecular complexity index is 308. The highest BCUT2D eigenvalue weighted by atomic mass is 14.9. The molecule has 1 nitrogen and oxygen atoms in total. The van der Waals surface area contributed by atoms with Gasteiger partial charge in [0.25, 0.3) is 0 Å². The van der Waals surface area contributed by atoms with Crippen molar-refractivity contribution >= 4 is 5.69 Å². The average molecular weight is 219 g/mol. The summed E-state index contributed by atoms with van der Waals surface area (Å²) < 4.78 is 0. The SMILES string of the molecule is Cc1cc(C)cc(NC(C)CCC(C)C)c1. The smallest absolute Gasteiger partial charge is 0.0347 e. The molecule has 1 atom stereocenters. The summed E-state index contributed by atoms with van der Waals surface area (Å²) in [7, 11) is 0. The van der Waals surface area contributed by atoms with E-state index >= 15 is 0 Å². The lowest BCUT2D eigenvalue weighted by Crippen LogP contribution is -2.15. The number of hydrogen-bond donors (Lipinski definition) is 1. The monoisotopic (exact) mass is 219 g/mol. The van der Waals surface area contributed by atoms with Gasteiger partial charge >= 0.3 is 0 Å². The Morgan fingerprint density at radius 2 is 1.50 bits per heavy atom. The fourth-order valence-electron chi connectivity index (χ4n) is 2.00. The lowest BCUT2D eigenvalue weighted by molar-refractivity contribution is 0.527.